The highest BCUT2D eigenvalue weighted by Gasteiger charge is 2.27. The van der Waals surface area contributed by atoms with Gasteiger partial charge in [0.25, 0.3) is 5.91 Å². The number of hydrogen-bond donors (Lipinski definition) is 3. The van der Waals surface area contributed by atoms with Crippen LogP contribution in [0, 0.1) is 11.3 Å². The Bertz CT molecular complexity index is 546. The topological polar surface area (TPSA) is 100 Å². The van der Waals surface area contributed by atoms with E-state index in [0.29, 0.717) is 35.2 Å². The maximum atomic E-state index is 12.1. The van der Waals surface area contributed by atoms with Crippen LogP contribution >= 0.6 is 11.3 Å². The SMILES string of the molecule is CCOCCCNc1sc(C(=O)NC2CC2)c(N)c1C#N. The molecule has 0 unspecified atom stereocenters. The van der Waals surface area contributed by atoms with Crippen molar-refractivity contribution >= 4 is 27.9 Å². The van der Waals surface area contributed by atoms with Crippen molar-refractivity contribution in [2.45, 2.75) is 32.2 Å². The van der Waals surface area contributed by atoms with Gasteiger partial charge < -0.3 is 21.1 Å². The predicted octanol–water partition coefficient (Wildman–Crippen LogP) is 1.93. The summed E-state index contributed by atoms with van der Waals surface area (Å²) in [6.07, 6.45) is 2.87. The minimum Gasteiger partial charge on any atom is -0.396 e. The van der Waals surface area contributed by atoms with Crippen LogP contribution in [0.25, 0.3) is 0 Å². The molecular formula is C14H20N4O2S. The highest BCUT2D eigenvalue weighted by Crippen LogP contribution is 2.35. The third-order valence-electron chi connectivity index (χ3n) is 3.13. The summed E-state index contributed by atoms with van der Waals surface area (Å²) in [5, 5.41) is 15.9. The van der Waals surface area contributed by atoms with Crippen LogP contribution in [0.15, 0.2) is 0 Å². The Kier molecular flexibility index (Phi) is 5.42. The fourth-order valence-electron chi connectivity index (χ4n) is 1.85. The molecule has 114 valence electrons. The molecule has 1 aromatic heterocycles. The number of nitrogens with one attached hydrogen (secondary N) is 2. The lowest BCUT2D eigenvalue weighted by Crippen LogP contribution is -2.25. The summed E-state index contributed by atoms with van der Waals surface area (Å²) < 4.78 is 5.26. The zero-order valence-corrected chi connectivity index (χ0v) is 12.9. The molecule has 0 aromatic carbocycles. The lowest BCUT2D eigenvalue weighted by Gasteiger charge is -2.04. The van der Waals surface area contributed by atoms with Gasteiger partial charge >= 0.3 is 0 Å². The van der Waals surface area contributed by atoms with E-state index in [1.807, 2.05) is 6.92 Å². The van der Waals surface area contributed by atoms with E-state index in [4.69, 9.17) is 10.5 Å². The number of amides is 1. The Morgan fingerprint density at radius 3 is 2.95 bits per heavy atom. The van der Waals surface area contributed by atoms with E-state index in [0.717, 1.165) is 19.3 Å². The second-order valence-electron chi connectivity index (χ2n) is 4.89. The molecule has 0 atom stereocenters. The van der Waals surface area contributed by atoms with Gasteiger partial charge in [-0.3, -0.25) is 4.79 Å². The minimum absolute atomic E-state index is 0.182. The predicted molar refractivity (Wildman–Crippen MR) is 83.5 cm³/mol. The van der Waals surface area contributed by atoms with Gasteiger partial charge in [0, 0.05) is 25.8 Å². The normalized spacial score (nSPS) is 13.7. The highest BCUT2D eigenvalue weighted by atomic mass is 32.1. The molecule has 1 aliphatic carbocycles. The summed E-state index contributed by atoms with van der Waals surface area (Å²) in [4.78, 5) is 12.5. The average Bonchev–Trinajstić information content (AvgIpc) is 3.21. The van der Waals surface area contributed by atoms with E-state index < -0.39 is 0 Å². The van der Waals surface area contributed by atoms with E-state index in [2.05, 4.69) is 16.7 Å². The fraction of sp³-hybridized carbons (Fsp3) is 0.571. The monoisotopic (exact) mass is 308 g/mol. The number of nitriles is 1. The molecule has 1 aromatic rings. The quantitative estimate of drug-likeness (QED) is 0.637. The molecule has 1 fully saturated rings. The van der Waals surface area contributed by atoms with Gasteiger partial charge in [0.05, 0.1) is 5.69 Å². The van der Waals surface area contributed by atoms with Gasteiger partial charge in [0.15, 0.2) is 0 Å². The van der Waals surface area contributed by atoms with E-state index in [1.54, 1.807) is 0 Å². The molecule has 1 heterocycles. The van der Waals surface area contributed by atoms with E-state index in [1.165, 1.54) is 11.3 Å². The van der Waals surface area contributed by atoms with Gasteiger partial charge in [-0.05, 0) is 26.2 Å². The summed E-state index contributed by atoms with van der Waals surface area (Å²) >= 11 is 1.24. The fourth-order valence-corrected chi connectivity index (χ4v) is 2.85. The van der Waals surface area contributed by atoms with Crippen molar-refractivity contribution in [1.82, 2.24) is 5.32 Å². The lowest BCUT2D eigenvalue weighted by atomic mass is 10.2. The highest BCUT2D eigenvalue weighted by molar-refractivity contribution is 7.18. The van der Waals surface area contributed by atoms with Crippen LogP contribution in [0.1, 0.15) is 41.4 Å². The summed E-state index contributed by atoms with van der Waals surface area (Å²) in [6, 6.07) is 2.34. The van der Waals surface area contributed by atoms with Crippen LogP contribution in [-0.4, -0.2) is 31.7 Å². The van der Waals surface area contributed by atoms with Crippen LogP contribution in [-0.2, 0) is 4.74 Å². The number of hydrogen-bond acceptors (Lipinski definition) is 6. The molecule has 6 nitrogen and oxygen atoms in total. The molecule has 2 rings (SSSR count). The molecule has 0 radical (unpaired) electrons. The van der Waals surface area contributed by atoms with Gasteiger partial charge in [-0.2, -0.15) is 5.26 Å². The number of rotatable bonds is 8. The zero-order chi connectivity index (χ0) is 15.2. The minimum atomic E-state index is -0.182. The first-order valence-corrected chi connectivity index (χ1v) is 7.93. The smallest absolute Gasteiger partial charge is 0.263 e. The van der Waals surface area contributed by atoms with Crippen LogP contribution in [0.4, 0.5) is 10.7 Å². The standard InChI is InChI=1S/C14H20N4O2S/c1-2-20-7-3-6-17-14-10(8-15)11(16)12(21-14)13(19)18-9-4-5-9/h9,17H,2-7,16H2,1H3,(H,18,19). The Labute approximate surface area is 128 Å². The first-order valence-electron chi connectivity index (χ1n) is 7.12. The maximum Gasteiger partial charge on any atom is 0.263 e. The number of nitrogens with two attached hydrogens (primary N) is 1. The molecule has 1 aliphatic rings. The number of ether oxygens (including phenoxy) is 1. The largest absolute Gasteiger partial charge is 0.396 e. The molecule has 7 heteroatoms. The van der Waals surface area contributed by atoms with Crippen molar-refractivity contribution in [3.63, 3.8) is 0 Å². The Morgan fingerprint density at radius 1 is 1.57 bits per heavy atom. The number of thiophene rings is 1. The second-order valence-corrected chi connectivity index (χ2v) is 5.91. The summed E-state index contributed by atoms with van der Waals surface area (Å²) in [7, 11) is 0. The number of nitrogen functional groups attached to an aromatic ring is 1. The molecule has 0 aliphatic heterocycles. The molecule has 21 heavy (non-hydrogen) atoms. The summed E-state index contributed by atoms with van der Waals surface area (Å²) in [6.45, 7) is 3.99. The van der Waals surface area contributed by atoms with E-state index >= 15 is 0 Å². The van der Waals surface area contributed by atoms with Crippen LogP contribution < -0.4 is 16.4 Å². The first kappa shape index (κ1) is 15.6. The number of carbonyl (C=O) groups excluding carboxylic acids is 1. The Balaban J connectivity index is 1.99. The van der Waals surface area contributed by atoms with Gasteiger partial charge in [-0.15, -0.1) is 11.3 Å². The Morgan fingerprint density at radius 2 is 2.33 bits per heavy atom. The van der Waals surface area contributed by atoms with Gasteiger partial charge in [0.1, 0.15) is 21.5 Å². The van der Waals surface area contributed by atoms with E-state index in [-0.39, 0.29) is 17.6 Å². The third-order valence-corrected chi connectivity index (χ3v) is 4.29. The van der Waals surface area contributed by atoms with Crippen molar-refractivity contribution < 1.29 is 9.53 Å². The average molecular weight is 308 g/mol. The van der Waals surface area contributed by atoms with Crippen molar-refractivity contribution in [3.05, 3.63) is 10.4 Å². The molecule has 1 saturated carbocycles. The molecule has 4 N–H and O–H groups in total. The molecule has 0 bridgehead atoms. The molecule has 0 spiro atoms. The van der Waals surface area contributed by atoms with Crippen molar-refractivity contribution in [2.75, 3.05) is 30.8 Å². The first-order chi connectivity index (χ1) is 10.2. The number of nitrogens with zero attached hydrogens (tertiary/aromatic N) is 1. The van der Waals surface area contributed by atoms with E-state index in [9.17, 15) is 10.1 Å². The van der Waals surface area contributed by atoms with Crippen molar-refractivity contribution in [3.8, 4) is 6.07 Å². The molecule has 0 saturated heterocycles. The molecular weight excluding hydrogens is 288 g/mol. The van der Waals surface area contributed by atoms with Gasteiger partial charge in [0.2, 0.25) is 0 Å². The van der Waals surface area contributed by atoms with Gasteiger partial charge in [-0.25, -0.2) is 0 Å². The number of carbonyl (C=O) groups is 1. The van der Waals surface area contributed by atoms with Gasteiger partial charge in [-0.1, -0.05) is 0 Å². The van der Waals surface area contributed by atoms with Crippen LogP contribution in [0.5, 0.6) is 0 Å². The maximum absolute atomic E-state index is 12.1. The van der Waals surface area contributed by atoms with Crippen LogP contribution in [0.3, 0.4) is 0 Å². The summed E-state index contributed by atoms with van der Waals surface area (Å²) in [5.41, 5.74) is 6.56. The second kappa shape index (κ2) is 7.29. The molecule has 1 amide bonds. The van der Waals surface area contributed by atoms with Crippen molar-refractivity contribution in [2.24, 2.45) is 0 Å². The van der Waals surface area contributed by atoms with Crippen molar-refractivity contribution in [1.29, 1.82) is 5.26 Å². The Hall–Kier alpha value is -1.78. The third kappa shape index (κ3) is 4.09. The summed E-state index contributed by atoms with van der Waals surface area (Å²) in [5.74, 6) is -0.182. The zero-order valence-electron chi connectivity index (χ0n) is 12.1. The number of anilines is 2. The lowest BCUT2D eigenvalue weighted by molar-refractivity contribution is 0.0956. The van der Waals surface area contributed by atoms with Crippen LogP contribution in [0.2, 0.25) is 0 Å².